The Morgan fingerprint density at radius 2 is 0.903 bits per heavy atom. The van der Waals surface area contributed by atoms with E-state index in [1.807, 2.05) is 147 Å². The van der Waals surface area contributed by atoms with Crippen molar-refractivity contribution in [2.75, 3.05) is 46.2 Å². The average Bonchev–Trinajstić information content (AvgIpc) is 3.98. The number of amides is 2. The second kappa shape index (κ2) is 20.3. The molecule has 0 aliphatic carbocycles. The van der Waals surface area contributed by atoms with Crippen molar-refractivity contribution in [3.8, 4) is 0 Å². The summed E-state index contributed by atoms with van der Waals surface area (Å²) in [6.45, 7) is 2.22. The van der Waals surface area contributed by atoms with Crippen LogP contribution in [-0.2, 0) is 45.1 Å². The minimum absolute atomic E-state index is 0.0434. The monoisotopic (exact) mass is 835 g/mol. The first-order chi connectivity index (χ1) is 30.0. The molecule has 5 aromatic rings. The minimum atomic E-state index is -0.455. The van der Waals surface area contributed by atoms with Gasteiger partial charge in [0.2, 0.25) is 11.8 Å². The van der Waals surface area contributed by atoms with Crippen molar-refractivity contribution in [1.29, 1.82) is 0 Å². The van der Waals surface area contributed by atoms with Gasteiger partial charge in [0.1, 0.15) is 17.9 Å². The molecule has 2 heterocycles. The van der Waals surface area contributed by atoms with Gasteiger partial charge in [-0.3, -0.25) is 29.0 Å². The number of hydrogen-bond donors (Lipinski definition) is 0. The number of carbonyl (C=O) groups excluding carboxylic acids is 4. The highest BCUT2D eigenvalue weighted by molar-refractivity contribution is 5.94. The summed E-state index contributed by atoms with van der Waals surface area (Å²) in [7, 11) is 7.58. The van der Waals surface area contributed by atoms with Crippen molar-refractivity contribution in [1.82, 2.24) is 19.6 Å². The van der Waals surface area contributed by atoms with Crippen LogP contribution in [0.2, 0.25) is 0 Å². The molecule has 2 saturated heterocycles. The van der Waals surface area contributed by atoms with Crippen molar-refractivity contribution in [3.63, 3.8) is 0 Å². The Bertz CT molecular complexity index is 2140. The van der Waals surface area contributed by atoms with E-state index in [9.17, 15) is 23.6 Å². The van der Waals surface area contributed by atoms with E-state index in [1.165, 1.54) is 12.1 Å². The van der Waals surface area contributed by atoms with E-state index in [0.717, 1.165) is 51.9 Å². The summed E-state index contributed by atoms with van der Waals surface area (Å²) in [5.41, 5.74) is 6.52. The van der Waals surface area contributed by atoms with Gasteiger partial charge in [0.25, 0.3) is 0 Å². The smallest absolute Gasteiger partial charge is 0.245 e. The fourth-order valence-electron chi connectivity index (χ4n) is 9.13. The van der Waals surface area contributed by atoms with Crippen molar-refractivity contribution < 1.29 is 23.6 Å². The number of carbonyl (C=O) groups is 4. The number of Topliss-reactive ketones (excluding diaryl/α,β-unsaturated/α-hetero) is 2. The molecule has 10 heteroatoms. The third kappa shape index (κ3) is 10.5. The lowest BCUT2D eigenvalue weighted by Gasteiger charge is -2.31. The maximum absolute atomic E-state index is 14.0. The second-order valence-corrected chi connectivity index (χ2v) is 17.2. The van der Waals surface area contributed by atoms with E-state index in [4.69, 9.17) is 0 Å². The van der Waals surface area contributed by atoms with E-state index in [1.54, 1.807) is 21.9 Å². The SMILES string of the molecule is CN(C)[C@@H](C(=O)N1CCC[C@H]1C(=O)Cc1ccc(CN(Cc2ccc(CC(=O)[C@@H]3CCCN3C(=O)[C@@H](c3ccccc3)N(C)C)cc2)c2ccc(F)cc2)cc1)c1ccccc1. The summed E-state index contributed by atoms with van der Waals surface area (Å²) < 4.78 is 14.0. The fraction of sp³-hybridized carbons (Fsp3) is 0.346. The van der Waals surface area contributed by atoms with Crippen LogP contribution in [-0.4, -0.2) is 96.3 Å². The van der Waals surface area contributed by atoms with Gasteiger partial charge in [0.15, 0.2) is 11.6 Å². The normalized spacial score (nSPS) is 17.3. The largest absolute Gasteiger partial charge is 0.363 e. The van der Waals surface area contributed by atoms with E-state index in [-0.39, 0.29) is 42.0 Å². The molecule has 0 radical (unpaired) electrons. The first-order valence-electron chi connectivity index (χ1n) is 21.7. The predicted octanol–water partition coefficient (Wildman–Crippen LogP) is 7.84. The quantitative estimate of drug-likeness (QED) is 0.0945. The molecule has 2 fully saturated rings. The highest BCUT2D eigenvalue weighted by atomic mass is 19.1. The Hall–Kier alpha value is -5.97. The van der Waals surface area contributed by atoms with Gasteiger partial charge >= 0.3 is 0 Å². The molecule has 0 saturated carbocycles. The van der Waals surface area contributed by atoms with Crippen molar-refractivity contribution in [3.05, 3.63) is 173 Å². The standard InChI is InChI=1S/C52H58FN5O4/c1-54(2)49(41-13-7-5-8-14-41)51(61)57-31-11-17-45(57)47(59)33-37-19-23-39(24-20-37)35-56(44-29-27-43(53)28-30-44)36-40-25-21-38(22-26-40)34-48(60)46-18-12-32-58(46)52(62)50(55(3)4)42-15-9-6-10-16-42/h5-10,13-16,19-30,45-46,49-50H,11-12,17-18,31-36H2,1-4H3/t45-,46-,49+,50+/m0/s1. The number of nitrogens with zero attached hydrogens (tertiary/aromatic N) is 5. The van der Waals surface area contributed by atoms with Crippen LogP contribution in [0.5, 0.6) is 0 Å². The van der Waals surface area contributed by atoms with Gasteiger partial charge in [0.05, 0.1) is 12.1 Å². The molecule has 0 N–H and O–H groups in total. The van der Waals surface area contributed by atoms with Gasteiger partial charge in [0, 0.05) is 44.7 Å². The summed E-state index contributed by atoms with van der Waals surface area (Å²) in [5, 5.41) is 0. The van der Waals surface area contributed by atoms with Crippen LogP contribution in [0.1, 0.15) is 71.1 Å². The Balaban J connectivity index is 0.983. The molecule has 9 nitrogen and oxygen atoms in total. The first kappa shape index (κ1) is 44.1. The zero-order valence-corrected chi connectivity index (χ0v) is 36.3. The molecule has 0 aromatic heterocycles. The molecule has 5 aromatic carbocycles. The summed E-state index contributed by atoms with van der Waals surface area (Å²) in [5.74, 6) is -0.308. The Morgan fingerprint density at radius 3 is 1.27 bits per heavy atom. The third-order valence-electron chi connectivity index (χ3n) is 12.3. The molecule has 0 unspecified atom stereocenters. The van der Waals surface area contributed by atoms with Gasteiger partial charge in [-0.25, -0.2) is 4.39 Å². The zero-order valence-electron chi connectivity index (χ0n) is 36.3. The van der Waals surface area contributed by atoms with Crippen LogP contribution >= 0.6 is 0 Å². The molecule has 0 bridgehead atoms. The third-order valence-corrected chi connectivity index (χ3v) is 12.3. The number of anilines is 1. The van der Waals surface area contributed by atoms with E-state index in [2.05, 4.69) is 4.90 Å². The molecule has 0 spiro atoms. The Kier molecular flexibility index (Phi) is 14.4. The van der Waals surface area contributed by atoms with Gasteiger partial charge < -0.3 is 14.7 Å². The topological polar surface area (TPSA) is 84.5 Å². The zero-order chi connectivity index (χ0) is 43.8. The summed E-state index contributed by atoms with van der Waals surface area (Å²) in [6.07, 6.45) is 3.39. The van der Waals surface area contributed by atoms with Gasteiger partial charge in [-0.1, -0.05) is 109 Å². The molecule has 322 valence electrons. The molecule has 62 heavy (non-hydrogen) atoms. The van der Waals surface area contributed by atoms with Crippen molar-refractivity contribution in [2.45, 2.75) is 75.8 Å². The number of halogens is 1. The van der Waals surface area contributed by atoms with Crippen molar-refractivity contribution >= 4 is 29.1 Å². The van der Waals surface area contributed by atoms with Crippen LogP contribution < -0.4 is 4.90 Å². The van der Waals surface area contributed by atoms with Crippen LogP contribution in [0.25, 0.3) is 0 Å². The van der Waals surface area contributed by atoms with Crippen LogP contribution in [0.15, 0.2) is 133 Å². The molecule has 2 aliphatic heterocycles. The van der Waals surface area contributed by atoms with Crippen LogP contribution in [0.4, 0.5) is 10.1 Å². The van der Waals surface area contributed by atoms with Crippen molar-refractivity contribution in [2.24, 2.45) is 0 Å². The van der Waals surface area contributed by atoms with Gasteiger partial charge in [-0.2, -0.15) is 0 Å². The minimum Gasteiger partial charge on any atom is -0.363 e. The highest BCUT2D eigenvalue weighted by Crippen LogP contribution is 2.30. The lowest BCUT2D eigenvalue weighted by Crippen LogP contribution is -2.46. The Morgan fingerprint density at radius 1 is 0.532 bits per heavy atom. The number of ketones is 2. The summed E-state index contributed by atoms with van der Waals surface area (Å²) >= 11 is 0. The first-order valence-corrected chi connectivity index (χ1v) is 21.7. The summed E-state index contributed by atoms with van der Waals surface area (Å²) in [6, 6.07) is 40.1. The molecule has 2 amide bonds. The average molecular weight is 836 g/mol. The number of rotatable bonds is 17. The summed E-state index contributed by atoms with van der Waals surface area (Å²) in [4.78, 5) is 64.8. The van der Waals surface area contributed by atoms with Gasteiger partial charge in [-0.05, 0) is 112 Å². The molecular weight excluding hydrogens is 778 g/mol. The maximum Gasteiger partial charge on any atom is 0.245 e. The Labute approximate surface area is 365 Å². The number of benzene rings is 5. The number of likely N-dealkylation sites (tertiary alicyclic amines) is 2. The van der Waals surface area contributed by atoms with Crippen LogP contribution in [0.3, 0.4) is 0 Å². The van der Waals surface area contributed by atoms with E-state index < -0.39 is 24.2 Å². The molecule has 7 rings (SSSR count). The molecule has 2 aliphatic rings. The van der Waals surface area contributed by atoms with E-state index >= 15 is 0 Å². The number of likely N-dealkylation sites (N-methyl/N-ethyl adjacent to an activating group) is 2. The lowest BCUT2D eigenvalue weighted by atomic mass is 9.99. The molecular formula is C52H58FN5O4. The lowest BCUT2D eigenvalue weighted by molar-refractivity contribution is -0.141. The number of hydrogen-bond acceptors (Lipinski definition) is 7. The van der Waals surface area contributed by atoms with Gasteiger partial charge in [-0.15, -0.1) is 0 Å². The van der Waals surface area contributed by atoms with Crippen LogP contribution in [0, 0.1) is 5.82 Å². The second-order valence-electron chi connectivity index (χ2n) is 17.2. The maximum atomic E-state index is 14.0. The fourth-order valence-corrected chi connectivity index (χ4v) is 9.13. The molecule has 4 atom stereocenters. The van der Waals surface area contributed by atoms with E-state index in [0.29, 0.717) is 39.0 Å². The highest BCUT2D eigenvalue weighted by Gasteiger charge is 2.39. The predicted molar refractivity (Wildman–Crippen MR) is 242 cm³/mol.